The van der Waals surface area contributed by atoms with Crippen molar-refractivity contribution in [2.75, 3.05) is 31.6 Å². The molecule has 1 fully saturated rings. The van der Waals surface area contributed by atoms with Gasteiger partial charge in [0.1, 0.15) is 5.75 Å². The first kappa shape index (κ1) is 19.1. The quantitative estimate of drug-likeness (QED) is 0.849. The fourth-order valence-electron chi connectivity index (χ4n) is 3.35. The van der Waals surface area contributed by atoms with Gasteiger partial charge in [-0.3, -0.25) is 4.79 Å². The molecule has 0 bridgehead atoms. The van der Waals surface area contributed by atoms with E-state index in [1.807, 2.05) is 31.2 Å². The molecule has 3 rings (SSSR count). The Hall–Kier alpha value is -2.63. The number of amides is 1. The van der Waals surface area contributed by atoms with Crippen molar-refractivity contribution in [2.24, 2.45) is 5.92 Å². The fourth-order valence-corrected chi connectivity index (χ4v) is 3.35. The van der Waals surface area contributed by atoms with Crippen LogP contribution in [-0.2, 0) is 6.42 Å². The van der Waals surface area contributed by atoms with Crippen molar-refractivity contribution in [1.82, 2.24) is 15.3 Å². The topological polar surface area (TPSA) is 67.3 Å². The zero-order chi connectivity index (χ0) is 19.2. The second-order valence-corrected chi connectivity index (χ2v) is 7.16. The average molecular weight is 368 g/mol. The summed E-state index contributed by atoms with van der Waals surface area (Å²) in [6.07, 6.45) is 4.68. The SMILES string of the molecule is COc1ccccc1CCNC(=O)c1cnc(N2CCC(C)CC2)nc1C. The van der Waals surface area contributed by atoms with Crippen LogP contribution in [0.5, 0.6) is 5.75 Å². The Bertz CT molecular complexity index is 786. The van der Waals surface area contributed by atoms with Crippen molar-refractivity contribution in [3.8, 4) is 5.75 Å². The number of aryl methyl sites for hydroxylation is 1. The van der Waals surface area contributed by atoms with Crippen LogP contribution in [0.2, 0.25) is 0 Å². The smallest absolute Gasteiger partial charge is 0.254 e. The van der Waals surface area contributed by atoms with Gasteiger partial charge in [0.2, 0.25) is 5.95 Å². The summed E-state index contributed by atoms with van der Waals surface area (Å²) in [7, 11) is 1.66. The zero-order valence-corrected chi connectivity index (χ0v) is 16.4. The molecule has 1 aromatic carbocycles. The predicted octanol–water partition coefficient (Wildman–Crippen LogP) is 3.00. The molecular weight excluding hydrogens is 340 g/mol. The van der Waals surface area contributed by atoms with Crippen LogP contribution in [0.1, 0.15) is 41.4 Å². The summed E-state index contributed by atoms with van der Waals surface area (Å²) in [6.45, 7) is 6.63. The van der Waals surface area contributed by atoms with Gasteiger partial charge in [-0.25, -0.2) is 9.97 Å². The standard InChI is InChI=1S/C21H28N4O2/c1-15-9-12-25(13-10-15)21-23-14-18(16(2)24-21)20(26)22-11-8-17-6-4-5-7-19(17)27-3/h4-7,14-15H,8-13H2,1-3H3,(H,22,26). The number of ether oxygens (including phenoxy) is 1. The molecule has 0 unspecified atom stereocenters. The fraction of sp³-hybridized carbons (Fsp3) is 0.476. The van der Waals surface area contributed by atoms with Crippen LogP contribution in [0, 0.1) is 12.8 Å². The second kappa shape index (κ2) is 8.84. The molecule has 1 amide bonds. The number of carbonyl (C=O) groups is 1. The van der Waals surface area contributed by atoms with Gasteiger partial charge in [0.05, 0.1) is 18.4 Å². The van der Waals surface area contributed by atoms with Crippen LogP contribution in [0.4, 0.5) is 5.95 Å². The molecule has 1 aliphatic heterocycles. The van der Waals surface area contributed by atoms with E-state index in [1.165, 1.54) is 0 Å². The van der Waals surface area contributed by atoms with Gasteiger partial charge in [-0.2, -0.15) is 0 Å². The summed E-state index contributed by atoms with van der Waals surface area (Å²) in [5, 5.41) is 2.96. The number of hydrogen-bond donors (Lipinski definition) is 1. The molecule has 6 heteroatoms. The third-order valence-electron chi connectivity index (χ3n) is 5.15. The molecule has 0 radical (unpaired) electrons. The number of piperidine rings is 1. The van der Waals surface area contributed by atoms with Crippen molar-refractivity contribution in [3.05, 3.63) is 47.3 Å². The lowest BCUT2D eigenvalue weighted by molar-refractivity contribution is 0.0952. The normalized spacial score (nSPS) is 14.9. The van der Waals surface area contributed by atoms with Gasteiger partial charge in [-0.05, 0) is 43.7 Å². The van der Waals surface area contributed by atoms with Crippen molar-refractivity contribution in [1.29, 1.82) is 0 Å². The van der Waals surface area contributed by atoms with Crippen LogP contribution in [0.15, 0.2) is 30.5 Å². The molecule has 2 heterocycles. The van der Waals surface area contributed by atoms with Gasteiger partial charge in [0.15, 0.2) is 0 Å². The molecule has 0 aliphatic carbocycles. The Kier molecular flexibility index (Phi) is 6.27. The zero-order valence-electron chi connectivity index (χ0n) is 16.4. The molecule has 1 saturated heterocycles. The molecule has 6 nitrogen and oxygen atoms in total. The third kappa shape index (κ3) is 4.76. The highest BCUT2D eigenvalue weighted by Crippen LogP contribution is 2.21. The maximum Gasteiger partial charge on any atom is 0.254 e. The van der Waals surface area contributed by atoms with Crippen molar-refractivity contribution in [3.63, 3.8) is 0 Å². The lowest BCUT2D eigenvalue weighted by Gasteiger charge is -2.30. The van der Waals surface area contributed by atoms with Crippen LogP contribution in [-0.4, -0.2) is 42.6 Å². The maximum absolute atomic E-state index is 12.5. The van der Waals surface area contributed by atoms with Crippen LogP contribution in [0.25, 0.3) is 0 Å². The summed E-state index contributed by atoms with van der Waals surface area (Å²) in [4.78, 5) is 23.7. The van der Waals surface area contributed by atoms with Crippen molar-refractivity contribution in [2.45, 2.75) is 33.1 Å². The highest BCUT2D eigenvalue weighted by Gasteiger charge is 2.19. The Balaban J connectivity index is 1.58. The number of carbonyl (C=O) groups excluding carboxylic acids is 1. The lowest BCUT2D eigenvalue weighted by atomic mass is 10.00. The number of rotatable bonds is 6. The Labute approximate surface area is 161 Å². The molecule has 1 N–H and O–H groups in total. The van der Waals surface area contributed by atoms with Gasteiger partial charge in [-0.15, -0.1) is 0 Å². The average Bonchev–Trinajstić information content (AvgIpc) is 2.68. The minimum atomic E-state index is -0.138. The number of nitrogens with one attached hydrogen (secondary N) is 1. The van der Waals surface area contributed by atoms with E-state index in [0.717, 1.165) is 49.1 Å². The number of anilines is 1. The molecule has 1 aliphatic rings. The van der Waals surface area contributed by atoms with Gasteiger partial charge in [0.25, 0.3) is 5.91 Å². The van der Waals surface area contributed by atoms with Crippen LogP contribution >= 0.6 is 0 Å². The first-order chi connectivity index (χ1) is 13.1. The first-order valence-electron chi connectivity index (χ1n) is 9.57. The van der Waals surface area contributed by atoms with E-state index in [4.69, 9.17) is 4.74 Å². The third-order valence-corrected chi connectivity index (χ3v) is 5.15. The number of aromatic nitrogens is 2. The highest BCUT2D eigenvalue weighted by atomic mass is 16.5. The monoisotopic (exact) mass is 368 g/mol. The van der Waals surface area contributed by atoms with Crippen molar-refractivity contribution < 1.29 is 9.53 Å². The number of benzene rings is 1. The Morgan fingerprint density at radius 1 is 1.30 bits per heavy atom. The van der Waals surface area contributed by atoms with E-state index in [0.29, 0.717) is 24.2 Å². The van der Waals surface area contributed by atoms with Gasteiger partial charge < -0.3 is 15.0 Å². The number of hydrogen-bond acceptors (Lipinski definition) is 5. The summed E-state index contributed by atoms with van der Waals surface area (Å²) in [6, 6.07) is 7.84. The molecule has 2 aromatic rings. The van der Waals surface area contributed by atoms with E-state index >= 15 is 0 Å². The number of methoxy groups -OCH3 is 1. The molecule has 0 spiro atoms. The van der Waals surface area contributed by atoms with E-state index in [2.05, 4.69) is 27.1 Å². The molecule has 0 saturated carbocycles. The Morgan fingerprint density at radius 2 is 2.04 bits per heavy atom. The second-order valence-electron chi connectivity index (χ2n) is 7.16. The molecule has 27 heavy (non-hydrogen) atoms. The molecular formula is C21H28N4O2. The van der Waals surface area contributed by atoms with Gasteiger partial charge in [-0.1, -0.05) is 25.1 Å². The minimum absolute atomic E-state index is 0.138. The lowest BCUT2D eigenvalue weighted by Crippen LogP contribution is -2.34. The minimum Gasteiger partial charge on any atom is -0.496 e. The molecule has 144 valence electrons. The van der Waals surface area contributed by atoms with Crippen LogP contribution in [0.3, 0.4) is 0 Å². The number of nitrogens with zero attached hydrogens (tertiary/aromatic N) is 3. The molecule has 1 aromatic heterocycles. The van der Waals surface area contributed by atoms with Crippen molar-refractivity contribution >= 4 is 11.9 Å². The summed E-state index contributed by atoms with van der Waals surface area (Å²) in [5.74, 6) is 2.19. The van der Waals surface area contributed by atoms with Crippen LogP contribution < -0.4 is 15.0 Å². The van der Waals surface area contributed by atoms with Gasteiger partial charge >= 0.3 is 0 Å². The number of para-hydroxylation sites is 1. The van der Waals surface area contributed by atoms with E-state index in [9.17, 15) is 4.79 Å². The first-order valence-corrected chi connectivity index (χ1v) is 9.57. The predicted molar refractivity (Wildman–Crippen MR) is 106 cm³/mol. The maximum atomic E-state index is 12.5. The molecule has 0 atom stereocenters. The highest BCUT2D eigenvalue weighted by molar-refractivity contribution is 5.95. The summed E-state index contributed by atoms with van der Waals surface area (Å²) >= 11 is 0. The summed E-state index contributed by atoms with van der Waals surface area (Å²) in [5.41, 5.74) is 2.32. The van der Waals surface area contributed by atoms with E-state index < -0.39 is 0 Å². The van der Waals surface area contributed by atoms with E-state index in [-0.39, 0.29) is 5.91 Å². The largest absolute Gasteiger partial charge is 0.496 e. The van der Waals surface area contributed by atoms with Gasteiger partial charge in [0, 0.05) is 25.8 Å². The van der Waals surface area contributed by atoms with E-state index in [1.54, 1.807) is 13.3 Å². The Morgan fingerprint density at radius 3 is 2.74 bits per heavy atom. The summed E-state index contributed by atoms with van der Waals surface area (Å²) < 4.78 is 5.35.